The van der Waals surface area contributed by atoms with Crippen molar-refractivity contribution in [1.29, 1.82) is 0 Å². The molecule has 0 aromatic carbocycles. The number of imidazole rings is 1. The second-order valence-electron chi connectivity index (χ2n) is 3.15. The van der Waals surface area contributed by atoms with Crippen LogP contribution in [0.3, 0.4) is 0 Å². The van der Waals surface area contributed by atoms with Gasteiger partial charge in [-0.25, -0.2) is 14.8 Å². The minimum atomic E-state index is -0.528. The van der Waals surface area contributed by atoms with Gasteiger partial charge in [0.15, 0.2) is 0 Å². The third-order valence-electron chi connectivity index (χ3n) is 1.92. The molecule has 0 atom stereocenters. The van der Waals surface area contributed by atoms with Gasteiger partial charge in [0.05, 0.1) is 6.61 Å². The number of nitrogens with one attached hydrogen (secondary N) is 2. The van der Waals surface area contributed by atoms with Crippen molar-refractivity contribution in [2.45, 2.75) is 6.92 Å². The lowest BCUT2D eigenvalue weighted by atomic mass is 10.4. The normalized spacial score (nSPS) is 10.1. The molecule has 0 radical (unpaired) electrons. The maximum absolute atomic E-state index is 11.7. The van der Waals surface area contributed by atoms with E-state index in [1.54, 1.807) is 13.1 Å². The molecule has 2 heterocycles. The summed E-state index contributed by atoms with van der Waals surface area (Å²) >= 11 is 1.06. The van der Waals surface area contributed by atoms with Crippen LogP contribution in [0.5, 0.6) is 0 Å². The lowest BCUT2D eigenvalue weighted by molar-refractivity contribution is 0.0526. The summed E-state index contributed by atoms with van der Waals surface area (Å²) in [5.41, 5.74) is 0.152. The van der Waals surface area contributed by atoms with E-state index in [1.807, 2.05) is 0 Å². The molecule has 0 aliphatic carbocycles. The maximum Gasteiger partial charge on any atom is 0.367 e. The van der Waals surface area contributed by atoms with Crippen LogP contribution in [-0.2, 0) is 4.74 Å². The van der Waals surface area contributed by atoms with Crippen LogP contribution in [-0.4, -0.2) is 33.4 Å². The Morgan fingerprint density at radius 2 is 2.39 bits per heavy atom. The summed E-state index contributed by atoms with van der Waals surface area (Å²) < 4.78 is 4.79. The number of esters is 1. The Kier molecular flexibility index (Phi) is 3.68. The number of carbonyl (C=O) groups is 2. The molecule has 0 saturated heterocycles. The molecule has 2 N–H and O–H groups in total. The number of thiazole rings is 1. The summed E-state index contributed by atoms with van der Waals surface area (Å²) in [7, 11) is 0. The van der Waals surface area contributed by atoms with Gasteiger partial charge in [-0.05, 0) is 6.92 Å². The number of carbonyl (C=O) groups excluding carboxylic acids is 2. The zero-order chi connectivity index (χ0) is 13.0. The van der Waals surface area contributed by atoms with Gasteiger partial charge in [0.25, 0.3) is 5.91 Å². The van der Waals surface area contributed by atoms with Gasteiger partial charge >= 0.3 is 5.97 Å². The molecule has 2 rings (SSSR count). The molecule has 0 aliphatic rings. The van der Waals surface area contributed by atoms with Gasteiger partial charge in [-0.2, -0.15) is 0 Å². The summed E-state index contributed by atoms with van der Waals surface area (Å²) in [4.78, 5) is 33.6. The Balaban J connectivity index is 2.05. The van der Waals surface area contributed by atoms with E-state index in [2.05, 4.69) is 20.3 Å². The van der Waals surface area contributed by atoms with Crippen molar-refractivity contribution in [3.63, 3.8) is 0 Å². The zero-order valence-electron chi connectivity index (χ0n) is 9.47. The summed E-state index contributed by atoms with van der Waals surface area (Å²) in [6, 6.07) is 0. The van der Waals surface area contributed by atoms with Crippen molar-refractivity contribution in [2.75, 3.05) is 11.9 Å². The Hall–Kier alpha value is -2.22. The number of rotatable bonds is 4. The maximum atomic E-state index is 11.7. The van der Waals surface area contributed by atoms with Crippen molar-refractivity contribution in [3.05, 3.63) is 28.5 Å². The second-order valence-corrected chi connectivity index (χ2v) is 4.01. The average Bonchev–Trinajstić information content (AvgIpc) is 2.99. The molecule has 1 amide bonds. The number of H-pyrrole nitrogens is 1. The van der Waals surface area contributed by atoms with E-state index >= 15 is 0 Å². The fourth-order valence-corrected chi connectivity index (χ4v) is 1.86. The molecule has 18 heavy (non-hydrogen) atoms. The molecule has 0 spiro atoms. The predicted octanol–water partition coefficient (Wildman–Crippen LogP) is 1.30. The fraction of sp³-hybridized carbons (Fsp3) is 0.200. The third kappa shape index (κ3) is 2.72. The first kappa shape index (κ1) is 12.2. The second kappa shape index (κ2) is 5.41. The standard InChI is InChI=1S/C10H10N4O3S/c1-2-17-9(16)8-13-6(5-18-8)7(15)14-10-11-3-4-12-10/h3-5H,2H2,1H3,(H2,11,12,14,15). The van der Waals surface area contributed by atoms with Crippen molar-refractivity contribution in [3.8, 4) is 0 Å². The van der Waals surface area contributed by atoms with E-state index in [4.69, 9.17) is 4.74 Å². The summed E-state index contributed by atoms with van der Waals surface area (Å²) in [6.07, 6.45) is 3.10. The Morgan fingerprint density at radius 3 is 3.06 bits per heavy atom. The van der Waals surface area contributed by atoms with Crippen molar-refractivity contribution >= 4 is 29.2 Å². The first-order valence-electron chi connectivity index (χ1n) is 5.14. The van der Waals surface area contributed by atoms with Gasteiger partial charge in [-0.1, -0.05) is 0 Å². The number of amides is 1. The number of hydrogen-bond donors (Lipinski definition) is 2. The summed E-state index contributed by atoms with van der Waals surface area (Å²) in [5.74, 6) is -0.637. The molecule has 0 fully saturated rings. The van der Waals surface area contributed by atoms with Gasteiger partial charge in [-0.3, -0.25) is 10.1 Å². The largest absolute Gasteiger partial charge is 0.461 e. The summed E-state index contributed by atoms with van der Waals surface area (Å²) in [5, 5.41) is 4.15. The number of aromatic nitrogens is 3. The minimum Gasteiger partial charge on any atom is -0.461 e. The highest BCUT2D eigenvalue weighted by molar-refractivity contribution is 7.11. The fourth-order valence-electron chi connectivity index (χ4n) is 1.17. The molecule has 7 nitrogen and oxygen atoms in total. The van der Waals surface area contributed by atoms with Gasteiger partial charge in [0, 0.05) is 17.8 Å². The van der Waals surface area contributed by atoms with E-state index in [9.17, 15) is 9.59 Å². The molecule has 2 aromatic heterocycles. The van der Waals surface area contributed by atoms with E-state index in [0.29, 0.717) is 5.95 Å². The monoisotopic (exact) mass is 266 g/mol. The molecule has 2 aromatic rings. The highest BCUT2D eigenvalue weighted by Crippen LogP contribution is 2.12. The van der Waals surface area contributed by atoms with Crippen LogP contribution >= 0.6 is 11.3 Å². The number of nitrogens with zero attached hydrogens (tertiary/aromatic N) is 2. The van der Waals surface area contributed by atoms with Gasteiger partial charge < -0.3 is 9.72 Å². The van der Waals surface area contributed by atoms with Crippen LogP contribution in [0, 0.1) is 0 Å². The first-order valence-corrected chi connectivity index (χ1v) is 6.02. The Morgan fingerprint density at radius 1 is 1.56 bits per heavy atom. The van der Waals surface area contributed by atoms with Crippen molar-refractivity contribution < 1.29 is 14.3 Å². The summed E-state index contributed by atoms with van der Waals surface area (Å²) in [6.45, 7) is 1.97. The molecule has 0 bridgehead atoms. The van der Waals surface area contributed by atoms with Crippen LogP contribution in [0.4, 0.5) is 5.95 Å². The van der Waals surface area contributed by atoms with Gasteiger partial charge in [-0.15, -0.1) is 11.3 Å². The smallest absolute Gasteiger partial charge is 0.367 e. The number of anilines is 1. The molecular weight excluding hydrogens is 256 g/mol. The van der Waals surface area contributed by atoms with E-state index < -0.39 is 11.9 Å². The highest BCUT2D eigenvalue weighted by atomic mass is 32.1. The topological polar surface area (TPSA) is 97.0 Å². The molecule has 8 heteroatoms. The van der Waals surface area contributed by atoms with Gasteiger partial charge in [0.1, 0.15) is 5.69 Å². The molecule has 94 valence electrons. The number of aromatic amines is 1. The SMILES string of the molecule is CCOC(=O)c1nc(C(=O)Nc2ncc[nH]2)cs1. The van der Waals surface area contributed by atoms with Crippen molar-refractivity contribution in [2.24, 2.45) is 0 Å². The van der Waals surface area contributed by atoms with Crippen LogP contribution in [0.1, 0.15) is 27.2 Å². The molecule has 0 unspecified atom stereocenters. The quantitative estimate of drug-likeness (QED) is 0.813. The minimum absolute atomic E-state index is 0.152. The molecule has 0 saturated carbocycles. The highest BCUT2D eigenvalue weighted by Gasteiger charge is 2.16. The zero-order valence-corrected chi connectivity index (χ0v) is 10.3. The van der Waals surface area contributed by atoms with E-state index in [1.165, 1.54) is 11.6 Å². The molecule has 0 aliphatic heterocycles. The van der Waals surface area contributed by atoms with Crippen LogP contribution in [0.15, 0.2) is 17.8 Å². The van der Waals surface area contributed by atoms with Crippen LogP contribution in [0.2, 0.25) is 0 Å². The Bertz CT molecular complexity index is 549. The van der Waals surface area contributed by atoms with E-state index in [-0.39, 0.29) is 17.3 Å². The lowest BCUT2D eigenvalue weighted by Crippen LogP contribution is -2.14. The van der Waals surface area contributed by atoms with Crippen LogP contribution < -0.4 is 5.32 Å². The van der Waals surface area contributed by atoms with Crippen LogP contribution in [0.25, 0.3) is 0 Å². The van der Waals surface area contributed by atoms with E-state index in [0.717, 1.165) is 11.3 Å². The number of ether oxygens (including phenoxy) is 1. The average molecular weight is 266 g/mol. The predicted molar refractivity (Wildman–Crippen MR) is 64.6 cm³/mol. The number of hydrogen-bond acceptors (Lipinski definition) is 6. The lowest BCUT2D eigenvalue weighted by Gasteiger charge is -1.98. The third-order valence-corrected chi connectivity index (χ3v) is 2.74. The van der Waals surface area contributed by atoms with Gasteiger partial charge in [0.2, 0.25) is 11.0 Å². The first-order chi connectivity index (χ1) is 8.70. The van der Waals surface area contributed by atoms with Crippen molar-refractivity contribution in [1.82, 2.24) is 15.0 Å². The molecular formula is C10H10N4O3S. The Labute approximate surface area is 106 Å².